The van der Waals surface area contributed by atoms with Gasteiger partial charge < -0.3 is 10.7 Å². The molecule has 0 spiro atoms. The third kappa shape index (κ3) is 1.84. The molecule has 0 aliphatic rings. The Morgan fingerprint density at radius 1 is 1.17 bits per heavy atom. The minimum atomic E-state index is 0.752. The number of imidazole rings is 1. The van der Waals surface area contributed by atoms with Crippen LogP contribution < -0.4 is 5.73 Å². The molecule has 0 saturated heterocycles. The summed E-state index contributed by atoms with van der Waals surface area (Å²) < 4.78 is 0. The minimum absolute atomic E-state index is 0.752. The molecule has 0 atom stereocenters. The highest BCUT2D eigenvalue weighted by molar-refractivity contribution is 5.80. The van der Waals surface area contributed by atoms with Crippen molar-refractivity contribution in [2.24, 2.45) is 0 Å². The molecule has 1 aromatic heterocycles. The summed E-state index contributed by atoms with van der Waals surface area (Å²) in [6.45, 7) is 2.15. The number of benzene rings is 2. The van der Waals surface area contributed by atoms with Crippen molar-refractivity contribution in [3.05, 3.63) is 48.0 Å². The Bertz CT molecular complexity index is 698. The second-order valence-corrected chi connectivity index (χ2v) is 4.42. The molecule has 18 heavy (non-hydrogen) atoms. The molecule has 0 amide bonds. The van der Waals surface area contributed by atoms with Crippen molar-refractivity contribution < 1.29 is 0 Å². The van der Waals surface area contributed by atoms with E-state index in [1.807, 2.05) is 24.3 Å². The second kappa shape index (κ2) is 4.18. The van der Waals surface area contributed by atoms with E-state index >= 15 is 0 Å². The zero-order valence-corrected chi connectivity index (χ0v) is 10.3. The third-order valence-electron chi connectivity index (χ3n) is 3.11. The van der Waals surface area contributed by atoms with E-state index in [1.54, 1.807) is 0 Å². The van der Waals surface area contributed by atoms with Gasteiger partial charge in [-0.2, -0.15) is 0 Å². The molecule has 3 aromatic rings. The van der Waals surface area contributed by atoms with Crippen LogP contribution in [-0.4, -0.2) is 9.97 Å². The average molecular weight is 237 g/mol. The van der Waals surface area contributed by atoms with E-state index in [4.69, 9.17) is 5.73 Å². The number of H-pyrrole nitrogens is 1. The van der Waals surface area contributed by atoms with Crippen molar-refractivity contribution in [2.45, 2.75) is 13.3 Å². The van der Waals surface area contributed by atoms with Gasteiger partial charge >= 0.3 is 0 Å². The van der Waals surface area contributed by atoms with Gasteiger partial charge in [0.05, 0.1) is 11.0 Å². The minimum Gasteiger partial charge on any atom is -0.399 e. The first kappa shape index (κ1) is 10.8. The summed E-state index contributed by atoms with van der Waals surface area (Å²) in [6, 6.07) is 14.1. The summed E-state index contributed by atoms with van der Waals surface area (Å²) in [5.41, 5.74) is 10.9. The van der Waals surface area contributed by atoms with Crippen LogP contribution in [0.4, 0.5) is 5.69 Å². The fourth-order valence-corrected chi connectivity index (χ4v) is 2.10. The number of hydrogen-bond donors (Lipinski definition) is 2. The number of hydrogen-bond acceptors (Lipinski definition) is 2. The lowest BCUT2D eigenvalue weighted by Gasteiger charge is -1.97. The van der Waals surface area contributed by atoms with Crippen LogP contribution in [0.2, 0.25) is 0 Å². The molecule has 3 nitrogen and oxygen atoms in total. The largest absolute Gasteiger partial charge is 0.399 e. The first-order valence-corrected chi connectivity index (χ1v) is 6.11. The van der Waals surface area contributed by atoms with Gasteiger partial charge in [-0.15, -0.1) is 0 Å². The highest BCUT2D eigenvalue weighted by Crippen LogP contribution is 2.22. The molecule has 0 aliphatic carbocycles. The summed E-state index contributed by atoms with van der Waals surface area (Å²) in [7, 11) is 0. The van der Waals surface area contributed by atoms with Crippen molar-refractivity contribution in [1.29, 1.82) is 0 Å². The predicted molar refractivity (Wildman–Crippen MR) is 75.3 cm³/mol. The molecule has 2 aromatic carbocycles. The molecule has 0 saturated carbocycles. The van der Waals surface area contributed by atoms with Gasteiger partial charge in [0.1, 0.15) is 5.82 Å². The molecular formula is C15H15N3. The van der Waals surface area contributed by atoms with Crippen LogP contribution in [0.1, 0.15) is 12.5 Å². The van der Waals surface area contributed by atoms with Gasteiger partial charge in [-0.1, -0.05) is 25.1 Å². The second-order valence-electron chi connectivity index (χ2n) is 4.42. The Kier molecular flexibility index (Phi) is 2.52. The van der Waals surface area contributed by atoms with Gasteiger partial charge in [0.25, 0.3) is 0 Å². The maximum absolute atomic E-state index is 5.79. The lowest BCUT2D eigenvalue weighted by Crippen LogP contribution is -1.86. The van der Waals surface area contributed by atoms with E-state index in [-0.39, 0.29) is 0 Å². The van der Waals surface area contributed by atoms with Crippen LogP contribution in [0.5, 0.6) is 0 Å². The zero-order valence-electron chi connectivity index (χ0n) is 10.3. The van der Waals surface area contributed by atoms with Gasteiger partial charge in [-0.3, -0.25) is 0 Å². The summed E-state index contributed by atoms with van der Waals surface area (Å²) in [5.74, 6) is 0.866. The number of fused-ring (bicyclic) bond motifs is 1. The Morgan fingerprint density at radius 3 is 2.83 bits per heavy atom. The Hall–Kier alpha value is -2.29. The normalized spacial score (nSPS) is 10.9. The van der Waals surface area contributed by atoms with Crippen LogP contribution in [0.25, 0.3) is 22.4 Å². The molecule has 3 rings (SSSR count). The van der Waals surface area contributed by atoms with E-state index in [9.17, 15) is 0 Å². The van der Waals surface area contributed by atoms with E-state index < -0.39 is 0 Å². The number of anilines is 1. The number of nitrogens with zero attached hydrogens (tertiary/aromatic N) is 1. The predicted octanol–water partition coefficient (Wildman–Crippen LogP) is 3.37. The quantitative estimate of drug-likeness (QED) is 0.671. The summed E-state index contributed by atoms with van der Waals surface area (Å²) in [6.07, 6.45) is 1.03. The number of nitrogens with one attached hydrogen (secondary N) is 1. The van der Waals surface area contributed by atoms with Crippen molar-refractivity contribution in [3.63, 3.8) is 0 Å². The first-order valence-electron chi connectivity index (χ1n) is 6.11. The van der Waals surface area contributed by atoms with Gasteiger partial charge in [-0.25, -0.2) is 4.98 Å². The van der Waals surface area contributed by atoms with Crippen molar-refractivity contribution >= 4 is 16.7 Å². The lowest BCUT2D eigenvalue weighted by molar-refractivity contribution is 1.14. The van der Waals surface area contributed by atoms with E-state index in [0.29, 0.717) is 0 Å². The number of aromatic nitrogens is 2. The van der Waals surface area contributed by atoms with E-state index in [0.717, 1.165) is 34.5 Å². The van der Waals surface area contributed by atoms with Gasteiger partial charge in [0.2, 0.25) is 0 Å². The van der Waals surface area contributed by atoms with Crippen LogP contribution in [0, 0.1) is 0 Å². The molecule has 90 valence electrons. The summed E-state index contributed by atoms with van der Waals surface area (Å²) >= 11 is 0. The van der Waals surface area contributed by atoms with Crippen LogP contribution in [-0.2, 0) is 6.42 Å². The SMILES string of the molecule is CCc1ccc2nc(-c3cccc(N)c3)[nH]c2c1. The topological polar surface area (TPSA) is 54.7 Å². The first-order chi connectivity index (χ1) is 8.76. The molecule has 0 bridgehead atoms. The highest BCUT2D eigenvalue weighted by Gasteiger charge is 2.05. The Labute approximate surface area is 106 Å². The summed E-state index contributed by atoms with van der Waals surface area (Å²) in [5, 5.41) is 0. The maximum atomic E-state index is 5.79. The monoisotopic (exact) mass is 237 g/mol. The Balaban J connectivity index is 2.13. The number of nitrogens with two attached hydrogens (primary N) is 1. The van der Waals surface area contributed by atoms with Gasteiger partial charge in [-0.05, 0) is 36.2 Å². The van der Waals surface area contributed by atoms with E-state index in [2.05, 4.69) is 35.1 Å². The highest BCUT2D eigenvalue weighted by atomic mass is 14.9. The maximum Gasteiger partial charge on any atom is 0.138 e. The van der Waals surface area contributed by atoms with Crippen molar-refractivity contribution in [1.82, 2.24) is 9.97 Å². The number of rotatable bonds is 2. The van der Waals surface area contributed by atoms with E-state index in [1.165, 1.54) is 5.56 Å². The fourth-order valence-electron chi connectivity index (χ4n) is 2.10. The van der Waals surface area contributed by atoms with Crippen molar-refractivity contribution in [2.75, 3.05) is 5.73 Å². The average Bonchev–Trinajstić information content (AvgIpc) is 2.81. The lowest BCUT2D eigenvalue weighted by atomic mass is 10.1. The molecule has 3 N–H and O–H groups in total. The standard InChI is InChI=1S/C15H15N3/c1-2-10-6-7-13-14(8-10)18-15(17-13)11-4-3-5-12(16)9-11/h3-9H,2,16H2,1H3,(H,17,18). The Morgan fingerprint density at radius 2 is 2.06 bits per heavy atom. The molecule has 0 aliphatic heterocycles. The number of nitrogen functional groups attached to an aromatic ring is 1. The van der Waals surface area contributed by atoms with Crippen molar-refractivity contribution in [3.8, 4) is 11.4 Å². The fraction of sp³-hybridized carbons (Fsp3) is 0.133. The molecule has 0 radical (unpaired) electrons. The van der Waals surface area contributed by atoms with Gasteiger partial charge in [0.15, 0.2) is 0 Å². The van der Waals surface area contributed by atoms with Gasteiger partial charge in [0, 0.05) is 11.3 Å². The molecule has 0 fully saturated rings. The van der Waals surface area contributed by atoms with Crippen LogP contribution >= 0.6 is 0 Å². The summed E-state index contributed by atoms with van der Waals surface area (Å²) in [4.78, 5) is 7.94. The zero-order chi connectivity index (χ0) is 12.5. The smallest absolute Gasteiger partial charge is 0.138 e. The van der Waals surface area contributed by atoms with Crippen LogP contribution in [0.15, 0.2) is 42.5 Å². The number of aryl methyl sites for hydroxylation is 1. The molecule has 1 heterocycles. The van der Waals surface area contributed by atoms with Crippen LogP contribution in [0.3, 0.4) is 0 Å². The molecule has 0 unspecified atom stereocenters. The molecule has 3 heteroatoms. The number of aromatic amines is 1. The molecular weight excluding hydrogens is 222 g/mol. The third-order valence-corrected chi connectivity index (χ3v) is 3.11.